The summed E-state index contributed by atoms with van der Waals surface area (Å²) in [5, 5.41) is 2.88. The van der Waals surface area contributed by atoms with Crippen LogP contribution in [0, 0.1) is 0 Å². The smallest absolute Gasteiger partial charge is 0.261 e. The van der Waals surface area contributed by atoms with E-state index in [0.29, 0.717) is 22.7 Å². The van der Waals surface area contributed by atoms with E-state index < -0.39 is 10.0 Å². The van der Waals surface area contributed by atoms with Crippen molar-refractivity contribution in [2.75, 3.05) is 17.6 Å². The Morgan fingerprint density at radius 2 is 1.68 bits per heavy atom. The molecule has 0 saturated heterocycles. The molecular formula is C23H23N3O4S. The van der Waals surface area contributed by atoms with Crippen LogP contribution in [0.4, 0.5) is 11.4 Å². The van der Waals surface area contributed by atoms with Crippen molar-refractivity contribution in [1.29, 1.82) is 0 Å². The van der Waals surface area contributed by atoms with E-state index in [4.69, 9.17) is 10.5 Å². The number of hydrogen-bond acceptors (Lipinski definition) is 5. The van der Waals surface area contributed by atoms with Gasteiger partial charge in [0.1, 0.15) is 5.75 Å². The van der Waals surface area contributed by atoms with Gasteiger partial charge < -0.3 is 15.8 Å². The number of amides is 1. The van der Waals surface area contributed by atoms with Crippen LogP contribution in [0.5, 0.6) is 5.75 Å². The normalized spacial score (nSPS) is 13.5. The largest absolute Gasteiger partial charge is 0.496 e. The van der Waals surface area contributed by atoms with E-state index >= 15 is 0 Å². The molecule has 1 saturated carbocycles. The van der Waals surface area contributed by atoms with Crippen LogP contribution in [0.3, 0.4) is 0 Å². The van der Waals surface area contributed by atoms with Crippen LogP contribution < -0.4 is 20.5 Å². The van der Waals surface area contributed by atoms with Gasteiger partial charge in [-0.3, -0.25) is 9.52 Å². The third-order valence-electron chi connectivity index (χ3n) is 5.01. The fourth-order valence-electron chi connectivity index (χ4n) is 3.15. The molecule has 0 aromatic heterocycles. The predicted molar refractivity (Wildman–Crippen MR) is 121 cm³/mol. The molecule has 3 aromatic carbocycles. The summed E-state index contributed by atoms with van der Waals surface area (Å²) < 4.78 is 33.6. The second kappa shape index (κ2) is 8.31. The Labute approximate surface area is 181 Å². The van der Waals surface area contributed by atoms with Gasteiger partial charge in [-0.05, 0) is 66.9 Å². The van der Waals surface area contributed by atoms with Gasteiger partial charge in [-0.15, -0.1) is 0 Å². The minimum Gasteiger partial charge on any atom is -0.496 e. The first-order valence-electron chi connectivity index (χ1n) is 9.83. The van der Waals surface area contributed by atoms with Crippen molar-refractivity contribution >= 4 is 27.3 Å². The minimum absolute atomic E-state index is 0.0667. The number of rotatable bonds is 7. The number of ether oxygens (including phenoxy) is 1. The lowest BCUT2D eigenvalue weighted by molar-refractivity contribution is 0.0951. The number of nitrogens with one attached hydrogen (secondary N) is 2. The molecule has 1 amide bonds. The third kappa shape index (κ3) is 4.80. The van der Waals surface area contributed by atoms with E-state index in [9.17, 15) is 13.2 Å². The van der Waals surface area contributed by atoms with E-state index in [1.807, 2.05) is 12.1 Å². The lowest BCUT2D eigenvalue weighted by Crippen LogP contribution is -2.25. The van der Waals surface area contributed by atoms with Crippen LogP contribution in [0.1, 0.15) is 23.2 Å². The number of nitrogen functional groups attached to an aromatic ring is 1. The molecule has 8 heteroatoms. The molecular weight excluding hydrogens is 414 g/mol. The summed E-state index contributed by atoms with van der Waals surface area (Å²) in [6.45, 7) is 0. The molecule has 160 valence electrons. The number of hydrogen-bond donors (Lipinski definition) is 3. The summed E-state index contributed by atoms with van der Waals surface area (Å²) in [5.74, 6) is 0.333. The molecule has 0 spiro atoms. The summed E-state index contributed by atoms with van der Waals surface area (Å²) in [6.07, 6.45) is 1.98. The maximum Gasteiger partial charge on any atom is 0.261 e. The lowest BCUT2D eigenvalue weighted by atomic mass is 10.0. The van der Waals surface area contributed by atoms with Gasteiger partial charge in [-0.2, -0.15) is 0 Å². The van der Waals surface area contributed by atoms with Crippen molar-refractivity contribution in [3.05, 3.63) is 72.3 Å². The van der Waals surface area contributed by atoms with Gasteiger partial charge >= 0.3 is 0 Å². The van der Waals surface area contributed by atoms with E-state index in [1.54, 1.807) is 30.3 Å². The standard InChI is InChI=1S/C23H23N3O4S/c1-30-22-14-19(10-13-21(22)15-2-6-17(24)7-3-15)26-31(28,29)20-11-4-16(5-12-20)23(27)25-18-8-9-18/h2-7,10-14,18,26H,8-9,24H2,1H3,(H,25,27). The number of anilines is 2. The molecule has 31 heavy (non-hydrogen) atoms. The first-order chi connectivity index (χ1) is 14.9. The van der Waals surface area contributed by atoms with Crippen LogP contribution >= 0.6 is 0 Å². The molecule has 1 fully saturated rings. The Balaban J connectivity index is 1.53. The maximum absolute atomic E-state index is 12.8. The molecule has 1 aliphatic carbocycles. The van der Waals surface area contributed by atoms with Crippen LogP contribution in [0.15, 0.2) is 71.6 Å². The minimum atomic E-state index is -3.83. The molecule has 0 heterocycles. The SMILES string of the molecule is COc1cc(NS(=O)(=O)c2ccc(C(=O)NC3CC3)cc2)ccc1-c1ccc(N)cc1. The van der Waals surface area contributed by atoms with E-state index in [1.165, 1.54) is 31.4 Å². The number of nitrogens with two attached hydrogens (primary N) is 1. The molecule has 0 radical (unpaired) electrons. The number of benzene rings is 3. The molecule has 0 atom stereocenters. The van der Waals surface area contributed by atoms with Gasteiger partial charge in [-0.1, -0.05) is 12.1 Å². The lowest BCUT2D eigenvalue weighted by Gasteiger charge is -2.13. The predicted octanol–water partition coefficient (Wildman–Crippen LogP) is 3.64. The Kier molecular flexibility index (Phi) is 5.56. The zero-order valence-electron chi connectivity index (χ0n) is 17.0. The molecule has 4 rings (SSSR count). The van der Waals surface area contributed by atoms with Crippen LogP contribution in [0.25, 0.3) is 11.1 Å². The second-order valence-electron chi connectivity index (χ2n) is 7.41. The second-order valence-corrected chi connectivity index (χ2v) is 9.10. The Morgan fingerprint density at radius 1 is 1.00 bits per heavy atom. The number of sulfonamides is 1. The van der Waals surface area contributed by atoms with Crippen molar-refractivity contribution < 1.29 is 17.9 Å². The summed E-state index contributed by atoms with van der Waals surface area (Å²) in [6, 6.07) is 18.5. The van der Waals surface area contributed by atoms with Gasteiger partial charge in [0.2, 0.25) is 0 Å². The van der Waals surface area contributed by atoms with E-state index in [2.05, 4.69) is 10.0 Å². The fraction of sp³-hybridized carbons (Fsp3) is 0.174. The van der Waals surface area contributed by atoms with Crippen LogP contribution in [-0.2, 0) is 10.0 Å². The number of methoxy groups -OCH3 is 1. The fourth-order valence-corrected chi connectivity index (χ4v) is 4.20. The molecule has 4 N–H and O–H groups in total. The van der Waals surface area contributed by atoms with Crippen LogP contribution in [-0.4, -0.2) is 27.5 Å². The van der Waals surface area contributed by atoms with Crippen molar-refractivity contribution in [3.63, 3.8) is 0 Å². The molecule has 3 aromatic rings. The average Bonchev–Trinajstić information content (AvgIpc) is 3.58. The van der Waals surface area contributed by atoms with E-state index in [0.717, 1.165) is 24.0 Å². The summed E-state index contributed by atoms with van der Waals surface area (Å²) in [4.78, 5) is 12.2. The summed E-state index contributed by atoms with van der Waals surface area (Å²) in [7, 11) is -2.30. The van der Waals surface area contributed by atoms with Gasteiger partial charge in [0, 0.05) is 28.9 Å². The van der Waals surface area contributed by atoms with Crippen molar-refractivity contribution in [2.45, 2.75) is 23.8 Å². The van der Waals surface area contributed by atoms with Gasteiger partial charge in [-0.25, -0.2) is 8.42 Å². The first-order valence-corrected chi connectivity index (χ1v) is 11.3. The molecule has 7 nitrogen and oxygen atoms in total. The van der Waals surface area contributed by atoms with E-state index in [-0.39, 0.29) is 16.8 Å². The first kappa shape index (κ1) is 20.7. The maximum atomic E-state index is 12.8. The Hall–Kier alpha value is -3.52. The molecule has 0 aliphatic heterocycles. The quantitative estimate of drug-likeness (QED) is 0.489. The van der Waals surface area contributed by atoms with Crippen molar-refractivity contribution in [3.8, 4) is 16.9 Å². The average molecular weight is 438 g/mol. The molecule has 1 aliphatic rings. The third-order valence-corrected chi connectivity index (χ3v) is 6.41. The highest BCUT2D eigenvalue weighted by Crippen LogP contribution is 2.33. The molecule has 0 unspecified atom stereocenters. The zero-order chi connectivity index (χ0) is 22.0. The highest BCUT2D eigenvalue weighted by atomic mass is 32.2. The van der Waals surface area contributed by atoms with Gasteiger partial charge in [0.15, 0.2) is 0 Å². The number of carbonyl (C=O) groups excluding carboxylic acids is 1. The molecule has 0 bridgehead atoms. The summed E-state index contributed by atoms with van der Waals surface area (Å²) >= 11 is 0. The highest BCUT2D eigenvalue weighted by molar-refractivity contribution is 7.92. The summed E-state index contributed by atoms with van der Waals surface area (Å²) in [5.41, 5.74) is 8.92. The topological polar surface area (TPSA) is 111 Å². The van der Waals surface area contributed by atoms with Crippen molar-refractivity contribution in [1.82, 2.24) is 5.32 Å². The Bertz CT molecular complexity index is 1200. The van der Waals surface area contributed by atoms with Crippen LogP contribution in [0.2, 0.25) is 0 Å². The Morgan fingerprint density at radius 3 is 2.29 bits per heavy atom. The number of carbonyl (C=O) groups is 1. The zero-order valence-corrected chi connectivity index (χ0v) is 17.8. The van der Waals surface area contributed by atoms with Gasteiger partial charge in [0.05, 0.1) is 17.7 Å². The van der Waals surface area contributed by atoms with Gasteiger partial charge in [0.25, 0.3) is 15.9 Å². The highest BCUT2D eigenvalue weighted by Gasteiger charge is 2.24. The van der Waals surface area contributed by atoms with Crippen molar-refractivity contribution in [2.24, 2.45) is 0 Å². The monoisotopic (exact) mass is 437 g/mol.